The maximum atomic E-state index is 12.5. The number of hydrogen-bond acceptors (Lipinski definition) is 5. The average Bonchev–Trinajstić information content (AvgIpc) is 3.19. The number of anilines is 1. The van der Waals surface area contributed by atoms with Crippen molar-refractivity contribution >= 4 is 24.0 Å². The van der Waals surface area contributed by atoms with Gasteiger partial charge < -0.3 is 15.1 Å². The number of carbonyl (C=O) groups is 1. The summed E-state index contributed by atoms with van der Waals surface area (Å²) in [6, 6.07) is 7.72. The van der Waals surface area contributed by atoms with Crippen LogP contribution in [0.25, 0.3) is 11.5 Å². The minimum absolute atomic E-state index is 0. The van der Waals surface area contributed by atoms with E-state index in [1.165, 1.54) is 0 Å². The molecule has 0 radical (unpaired) electrons. The summed E-state index contributed by atoms with van der Waals surface area (Å²) in [6.45, 7) is 5.43. The van der Waals surface area contributed by atoms with Crippen molar-refractivity contribution in [3.8, 4) is 11.5 Å². The second kappa shape index (κ2) is 8.64. The summed E-state index contributed by atoms with van der Waals surface area (Å²) >= 11 is 0. The quantitative estimate of drug-likeness (QED) is 0.691. The summed E-state index contributed by atoms with van der Waals surface area (Å²) < 4.78 is 7.27. The molecule has 26 heavy (non-hydrogen) atoms. The summed E-state index contributed by atoms with van der Waals surface area (Å²) in [4.78, 5) is 16.9. The van der Waals surface area contributed by atoms with Gasteiger partial charge in [0.1, 0.15) is 5.76 Å². The van der Waals surface area contributed by atoms with Crippen molar-refractivity contribution in [2.75, 3.05) is 11.9 Å². The Morgan fingerprint density at radius 2 is 2.15 bits per heavy atom. The van der Waals surface area contributed by atoms with Crippen molar-refractivity contribution in [3.05, 3.63) is 53.7 Å². The molecule has 8 heteroatoms. The van der Waals surface area contributed by atoms with Gasteiger partial charge in [-0.25, -0.2) is 4.98 Å². The second-order valence-electron chi connectivity index (χ2n) is 5.76. The molecule has 0 saturated carbocycles. The molecule has 7 nitrogen and oxygen atoms in total. The first-order valence-electron chi connectivity index (χ1n) is 8.14. The van der Waals surface area contributed by atoms with Gasteiger partial charge in [-0.2, -0.15) is 5.10 Å². The predicted octanol–water partition coefficient (Wildman–Crippen LogP) is 3.17. The highest BCUT2D eigenvalue weighted by molar-refractivity contribution is 6.03. The fourth-order valence-electron chi connectivity index (χ4n) is 2.48. The summed E-state index contributed by atoms with van der Waals surface area (Å²) in [7, 11) is 1.81. The molecular formula is C18H22ClN5O2. The molecule has 0 spiro atoms. The van der Waals surface area contributed by atoms with Crippen molar-refractivity contribution in [1.29, 1.82) is 0 Å². The van der Waals surface area contributed by atoms with Crippen molar-refractivity contribution in [2.45, 2.75) is 20.4 Å². The van der Waals surface area contributed by atoms with Gasteiger partial charge in [-0.3, -0.25) is 9.48 Å². The molecular weight excluding hydrogens is 354 g/mol. The van der Waals surface area contributed by atoms with Crippen LogP contribution < -0.4 is 10.6 Å². The minimum Gasteiger partial charge on any atom is -0.440 e. The molecule has 1 aromatic carbocycles. The number of hydrogen-bond donors (Lipinski definition) is 2. The Balaban J connectivity index is 0.00000243. The van der Waals surface area contributed by atoms with Gasteiger partial charge in [0.2, 0.25) is 5.89 Å². The molecule has 0 aliphatic carbocycles. The van der Waals surface area contributed by atoms with E-state index < -0.39 is 0 Å². The van der Waals surface area contributed by atoms with Crippen molar-refractivity contribution in [2.24, 2.45) is 7.05 Å². The van der Waals surface area contributed by atoms with Crippen molar-refractivity contribution in [1.82, 2.24) is 20.1 Å². The third-order valence-corrected chi connectivity index (χ3v) is 3.73. The number of benzene rings is 1. The maximum Gasteiger partial charge on any atom is 0.277 e. The van der Waals surface area contributed by atoms with E-state index in [2.05, 4.69) is 27.6 Å². The minimum atomic E-state index is -0.294. The Hall–Kier alpha value is -2.64. The number of halogens is 1. The molecule has 0 fully saturated rings. The zero-order valence-electron chi connectivity index (χ0n) is 14.9. The number of nitrogens with zero attached hydrogens (tertiary/aromatic N) is 3. The maximum absolute atomic E-state index is 12.5. The van der Waals surface area contributed by atoms with Crippen LogP contribution in [-0.2, 0) is 13.6 Å². The Bertz CT molecular complexity index is 887. The molecule has 0 atom stereocenters. The highest BCUT2D eigenvalue weighted by Crippen LogP contribution is 2.22. The normalized spacial score (nSPS) is 10.4. The van der Waals surface area contributed by atoms with Gasteiger partial charge >= 0.3 is 0 Å². The lowest BCUT2D eigenvalue weighted by Crippen LogP contribution is -2.15. The third-order valence-electron chi connectivity index (χ3n) is 3.73. The van der Waals surface area contributed by atoms with E-state index in [0.717, 1.165) is 29.9 Å². The van der Waals surface area contributed by atoms with Crippen molar-refractivity contribution in [3.63, 3.8) is 0 Å². The summed E-state index contributed by atoms with van der Waals surface area (Å²) in [5.41, 5.74) is 2.84. The zero-order chi connectivity index (χ0) is 17.8. The Morgan fingerprint density at radius 3 is 2.85 bits per heavy atom. The number of rotatable bonds is 6. The second-order valence-corrected chi connectivity index (χ2v) is 5.76. The molecule has 2 heterocycles. The molecule has 0 saturated heterocycles. The standard InChI is InChI=1S/C18H21N5O2.ClH/c1-4-19-9-13-6-5-7-15(8-13)21-17(24)16-12(2)25-18(22-16)14-10-20-23(3)11-14;/h5-8,10-11,19H,4,9H2,1-3H3,(H,21,24);1H. The van der Waals surface area contributed by atoms with E-state index in [-0.39, 0.29) is 24.0 Å². The van der Waals surface area contributed by atoms with Crippen molar-refractivity contribution < 1.29 is 9.21 Å². The number of carbonyl (C=O) groups excluding carboxylic acids is 1. The van der Waals surface area contributed by atoms with Crippen LogP contribution in [0, 0.1) is 6.92 Å². The van der Waals surface area contributed by atoms with Gasteiger partial charge in [0, 0.05) is 25.5 Å². The van der Waals surface area contributed by atoms with Gasteiger partial charge in [0.05, 0.1) is 11.8 Å². The smallest absolute Gasteiger partial charge is 0.277 e. The van der Waals surface area contributed by atoms with Crippen LogP contribution in [0.2, 0.25) is 0 Å². The number of aromatic nitrogens is 3. The van der Waals surface area contributed by atoms with Gasteiger partial charge in [0.15, 0.2) is 5.69 Å². The van der Waals surface area contributed by atoms with E-state index >= 15 is 0 Å². The molecule has 3 rings (SSSR count). The van der Waals surface area contributed by atoms with E-state index in [4.69, 9.17) is 4.42 Å². The highest BCUT2D eigenvalue weighted by Gasteiger charge is 2.19. The molecule has 0 bridgehead atoms. The third kappa shape index (κ3) is 4.50. The lowest BCUT2D eigenvalue weighted by molar-refractivity contribution is 0.102. The van der Waals surface area contributed by atoms with E-state index in [9.17, 15) is 4.79 Å². The van der Waals surface area contributed by atoms with E-state index in [0.29, 0.717) is 11.7 Å². The molecule has 2 N–H and O–H groups in total. The topological polar surface area (TPSA) is 85.0 Å². The molecule has 138 valence electrons. The Labute approximate surface area is 158 Å². The molecule has 0 aliphatic rings. The largest absolute Gasteiger partial charge is 0.440 e. The average molecular weight is 376 g/mol. The number of aryl methyl sites for hydroxylation is 2. The SMILES string of the molecule is CCNCc1cccc(NC(=O)c2nc(-c3cnn(C)c3)oc2C)c1.Cl. The first-order chi connectivity index (χ1) is 12.1. The highest BCUT2D eigenvalue weighted by atomic mass is 35.5. The summed E-state index contributed by atoms with van der Waals surface area (Å²) in [6.07, 6.45) is 3.44. The zero-order valence-corrected chi connectivity index (χ0v) is 15.8. The monoisotopic (exact) mass is 375 g/mol. The van der Waals surface area contributed by atoms with E-state index in [1.807, 2.05) is 31.3 Å². The fourth-order valence-corrected chi connectivity index (χ4v) is 2.48. The van der Waals surface area contributed by atoms with Crippen LogP contribution >= 0.6 is 12.4 Å². The Morgan fingerprint density at radius 1 is 1.35 bits per heavy atom. The number of nitrogens with one attached hydrogen (secondary N) is 2. The summed E-state index contributed by atoms with van der Waals surface area (Å²) in [5, 5.41) is 10.2. The molecule has 1 amide bonds. The van der Waals surface area contributed by atoms with Gasteiger partial charge in [-0.1, -0.05) is 19.1 Å². The van der Waals surface area contributed by atoms with Crippen LogP contribution in [0.3, 0.4) is 0 Å². The first-order valence-corrected chi connectivity index (χ1v) is 8.14. The molecule has 2 aromatic heterocycles. The van der Waals surface area contributed by atoms with Gasteiger partial charge in [-0.15, -0.1) is 12.4 Å². The van der Waals surface area contributed by atoms with Crippen LogP contribution in [0.5, 0.6) is 0 Å². The molecule has 0 aliphatic heterocycles. The van der Waals surface area contributed by atoms with Gasteiger partial charge in [0.25, 0.3) is 5.91 Å². The van der Waals surface area contributed by atoms with Crippen LogP contribution in [0.4, 0.5) is 5.69 Å². The van der Waals surface area contributed by atoms with Crippen LogP contribution in [0.15, 0.2) is 41.1 Å². The molecule has 0 unspecified atom stereocenters. The lowest BCUT2D eigenvalue weighted by Gasteiger charge is -2.07. The number of amides is 1. The fraction of sp³-hybridized carbons (Fsp3) is 0.278. The predicted molar refractivity (Wildman–Crippen MR) is 102 cm³/mol. The summed E-state index contributed by atoms with van der Waals surface area (Å²) in [5.74, 6) is 0.564. The van der Waals surface area contributed by atoms with Gasteiger partial charge in [-0.05, 0) is 31.2 Å². The van der Waals surface area contributed by atoms with Crippen LogP contribution in [0.1, 0.15) is 28.7 Å². The van der Waals surface area contributed by atoms with Crippen LogP contribution in [-0.4, -0.2) is 27.2 Å². The number of oxazole rings is 1. The lowest BCUT2D eigenvalue weighted by atomic mass is 10.2. The van der Waals surface area contributed by atoms with E-state index in [1.54, 1.807) is 24.0 Å². The Kier molecular flexibility index (Phi) is 6.54. The molecule has 3 aromatic rings. The first kappa shape index (κ1) is 19.7.